The summed E-state index contributed by atoms with van der Waals surface area (Å²) in [6.07, 6.45) is 3.93. The Labute approximate surface area is 167 Å². The molecule has 6 heteroatoms. The molecule has 0 bridgehead atoms. The van der Waals surface area contributed by atoms with E-state index >= 15 is 0 Å². The zero-order chi connectivity index (χ0) is 19.5. The maximum atomic E-state index is 13.3. The first-order valence-corrected chi connectivity index (χ1v) is 11.7. The summed E-state index contributed by atoms with van der Waals surface area (Å²) in [4.78, 5) is 0. The molecule has 1 heterocycles. The maximum absolute atomic E-state index is 13.3. The van der Waals surface area contributed by atoms with Gasteiger partial charge >= 0.3 is 7.60 Å². The Morgan fingerprint density at radius 1 is 0.893 bits per heavy atom. The third kappa shape index (κ3) is 7.50. The van der Waals surface area contributed by atoms with Gasteiger partial charge in [0.1, 0.15) is 0 Å². The van der Waals surface area contributed by atoms with E-state index in [1.165, 1.54) is 0 Å². The van der Waals surface area contributed by atoms with Crippen LogP contribution >= 0.6 is 7.60 Å². The molecule has 28 heavy (non-hydrogen) atoms. The Bertz CT molecular complexity index is 669. The SMILES string of the molecule is O=P(CCCOC1CCCCO1)(OCc1ccccc1)OCc1ccccc1. The van der Waals surface area contributed by atoms with Crippen LogP contribution in [0.2, 0.25) is 0 Å². The first-order valence-electron chi connectivity index (χ1n) is 9.93. The van der Waals surface area contributed by atoms with Gasteiger partial charge in [-0.25, -0.2) is 0 Å². The van der Waals surface area contributed by atoms with Crippen molar-refractivity contribution in [2.75, 3.05) is 19.4 Å². The zero-order valence-electron chi connectivity index (χ0n) is 16.2. The van der Waals surface area contributed by atoms with Gasteiger partial charge in [-0.15, -0.1) is 0 Å². The van der Waals surface area contributed by atoms with Crippen molar-refractivity contribution in [1.82, 2.24) is 0 Å². The van der Waals surface area contributed by atoms with E-state index in [4.69, 9.17) is 18.5 Å². The van der Waals surface area contributed by atoms with Crippen LogP contribution in [0.25, 0.3) is 0 Å². The van der Waals surface area contributed by atoms with Crippen LogP contribution in [0.1, 0.15) is 36.8 Å². The standard InChI is InChI=1S/C22H29O5P/c23-28(26-18-20-10-3-1-4-11-20,27-19-21-12-5-2-6-13-21)17-9-16-25-22-14-7-8-15-24-22/h1-6,10-13,22H,7-9,14-19H2. The summed E-state index contributed by atoms with van der Waals surface area (Å²) in [6, 6.07) is 19.4. The molecule has 2 aromatic rings. The van der Waals surface area contributed by atoms with Crippen molar-refractivity contribution in [3.63, 3.8) is 0 Å². The topological polar surface area (TPSA) is 54.0 Å². The van der Waals surface area contributed by atoms with Crippen molar-refractivity contribution in [2.45, 2.75) is 45.2 Å². The smallest absolute Gasteiger partial charge is 0.331 e. The van der Waals surface area contributed by atoms with Gasteiger partial charge in [-0.2, -0.15) is 0 Å². The van der Waals surface area contributed by atoms with E-state index in [1.54, 1.807) is 0 Å². The number of hydrogen-bond donors (Lipinski definition) is 0. The fourth-order valence-electron chi connectivity index (χ4n) is 2.98. The van der Waals surface area contributed by atoms with Crippen LogP contribution in [-0.2, 0) is 36.3 Å². The maximum Gasteiger partial charge on any atom is 0.331 e. The van der Waals surface area contributed by atoms with Gasteiger partial charge in [-0.1, -0.05) is 60.7 Å². The number of hydrogen-bond acceptors (Lipinski definition) is 5. The molecule has 1 fully saturated rings. The highest BCUT2D eigenvalue weighted by Crippen LogP contribution is 2.50. The second-order valence-electron chi connectivity index (χ2n) is 6.87. The Morgan fingerprint density at radius 3 is 2.04 bits per heavy atom. The highest BCUT2D eigenvalue weighted by Gasteiger charge is 2.25. The molecule has 0 saturated carbocycles. The highest BCUT2D eigenvalue weighted by molar-refractivity contribution is 7.53. The number of rotatable bonds is 11. The van der Waals surface area contributed by atoms with Crippen molar-refractivity contribution in [3.05, 3.63) is 71.8 Å². The third-order valence-electron chi connectivity index (χ3n) is 4.56. The van der Waals surface area contributed by atoms with Crippen LogP contribution in [0.5, 0.6) is 0 Å². The molecule has 5 nitrogen and oxygen atoms in total. The fourth-order valence-corrected chi connectivity index (χ4v) is 4.52. The molecule has 1 atom stereocenters. The second-order valence-corrected chi connectivity index (χ2v) is 9.06. The van der Waals surface area contributed by atoms with Crippen molar-refractivity contribution in [2.24, 2.45) is 0 Å². The lowest BCUT2D eigenvalue weighted by Crippen LogP contribution is -2.22. The lowest BCUT2D eigenvalue weighted by atomic mass is 10.2. The molecule has 152 valence electrons. The summed E-state index contributed by atoms with van der Waals surface area (Å²) in [5.74, 6) is 0. The van der Waals surface area contributed by atoms with Crippen molar-refractivity contribution >= 4 is 7.60 Å². The van der Waals surface area contributed by atoms with E-state index in [0.29, 0.717) is 19.2 Å². The summed E-state index contributed by atoms with van der Waals surface area (Å²) in [6.45, 7) is 1.76. The molecule has 3 rings (SSSR count). The molecule has 2 aromatic carbocycles. The van der Waals surface area contributed by atoms with Gasteiger partial charge < -0.3 is 18.5 Å². The van der Waals surface area contributed by atoms with Gasteiger partial charge in [0, 0.05) is 6.61 Å². The highest BCUT2D eigenvalue weighted by atomic mass is 31.2. The number of ether oxygens (including phenoxy) is 2. The van der Waals surface area contributed by atoms with Crippen molar-refractivity contribution in [3.8, 4) is 0 Å². The predicted molar refractivity (Wildman–Crippen MR) is 109 cm³/mol. The normalized spacial score (nSPS) is 17.5. The van der Waals surface area contributed by atoms with E-state index in [1.807, 2.05) is 60.7 Å². The van der Waals surface area contributed by atoms with E-state index in [2.05, 4.69) is 0 Å². The monoisotopic (exact) mass is 404 g/mol. The van der Waals surface area contributed by atoms with Gasteiger partial charge in [0.05, 0.1) is 26.0 Å². The van der Waals surface area contributed by atoms with Crippen molar-refractivity contribution in [1.29, 1.82) is 0 Å². The molecule has 1 aliphatic rings. The van der Waals surface area contributed by atoms with Gasteiger partial charge in [-0.3, -0.25) is 4.57 Å². The zero-order valence-corrected chi connectivity index (χ0v) is 17.1. The predicted octanol–water partition coefficient (Wildman–Crippen LogP) is 5.55. The minimum absolute atomic E-state index is 0.136. The molecule has 0 spiro atoms. The third-order valence-corrected chi connectivity index (χ3v) is 6.47. The second kappa shape index (κ2) is 11.5. The Kier molecular flexibility index (Phi) is 8.71. The first-order chi connectivity index (χ1) is 13.7. The minimum Gasteiger partial charge on any atom is -0.353 e. The Balaban J connectivity index is 1.50. The van der Waals surface area contributed by atoms with Crippen LogP contribution < -0.4 is 0 Å². The summed E-state index contributed by atoms with van der Waals surface area (Å²) in [5, 5.41) is 0. The molecule has 0 aliphatic carbocycles. The van der Waals surface area contributed by atoms with Crippen LogP contribution in [0.4, 0.5) is 0 Å². The summed E-state index contributed by atoms with van der Waals surface area (Å²) >= 11 is 0. The first kappa shape index (κ1) is 21.2. The lowest BCUT2D eigenvalue weighted by Gasteiger charge is -2.23. The average molecular weight is 404 g/mol. The lowest BCUT2D eigenvalue weighted by molar-refractivity contribution is -0.162. The van der Waals surface area contributed by atoms with Gasteiger partial charge in [-0.05, 0) is 36.8 Å². The van der Waals surface area contributed by atoms with E-state index in [9.17, 15) is 4.57 Å². The Hall–Kier alpha value is -1.49. The molecular weight excluding hydrogens is 375 g/mol. The largest absolute Gasteiger partial charge is 0.353 e. The van der Waals surface area contributed by atoms with E-state index in [-0.39, 0.29) is 19.5 Å². The van der Waals surface area contributed by atoms with Crippen LogP contribution in [0, 0.1) is 0 Å². The number of benzene rings is 2. The molecule has 1 aliphatic heterocycles. The molecular formula is C22H29O5P. The Morgan fingerprint density at radius 2 is 1.50 bits per heavy atom. The van der Waals surface area contributed by atoms with Crippen LogP contribution in [0.15, 0.2) is 60.7 Å². The summed E-state index contributed by atoms with van der Waals surface area (Å²) in [7, 11) is -3.24. The average Bonchev–Trinajstić information content (AvgIpc) is 2.76. The van der Waals surface area contributed by atoms with Gasteiger partial charge in [0.2, 0.25) is 0 Å². The summed E-state index contributed by atoms with van der Waals surface area (Å²) < 4.78 is 36.1. The minimum atomic E-state index is -3.24. The quantitative estimate of drug-likeness (QED) is 0.363. The van der Waals surface area contributed by atoms with Crippen LogP contribution in [0.3, 0.4) is 0 Å². The molecule has 0 amide bonds. The van der Waals surface area contributed by atoms with Crippen molar-refractivity contribution < 1.29 is 23.1 Å². The van der Waals surface area contributed by atoms with E-state index < -0.39 is 7.60 Å². The molecule has 0 radical (unpaired) electrons. The molecule has 1 saturated heterocycles. The van der Waals surface area contributed by atoms with Gasteiger partial charge in [0.25, 0.3) is 0 Å². The molecule has 0 N–H and O–H groups in total. The van der Waals surface area contributed by atoms with Crippen LogP contribution in [-0.4, -0.2) is 25.7 Å². The van der Waals surface area contributed by atoms with E-state index in [0.717, 1.165) is 37.0 Å². The molecule has 1 unspecified atom stereocenters. The van der Waals surface area contributed by atoms with Gasteiger partial charge in [0.15, 0.2) is 6.29 Å². The molecule has 0 aromatic heterocycles. The summed E-state index contributed by atoms with van der Waals surface area (Å²) in [5.41, 5.74) is 1.94. The fraction of sp³-hybridized carbons (Fsp3) is 0.455.